The number of amides is 1. The molecule has 6 heteroatoms. The summed E-state index contributed by atoms with van der Waals surface area (Å²) in [6.07, 6.45) is 0.976. The lowest BCUT2D eigenvalue weighted by molar-refractivity contribution is -0.138. The first-order valence-corrected chi connectivity index (χ1v) is 6.81. The summed E-state index contributed by atoms with van der Waals surface area (Å²) in [5.41, 5.74) is 1.20. The van der Waals surface area contributed by atoms with Crippen molar-refractivity contribution in [1.82, 2.24) is 4.90 Å². The van der Waals surface area contributed by atoms with Gasteiger partial charge in [0.15, 0.2) is 0 Å². The van der Waals surface area contributed by atoms with Crippen LogP contribution < -0.4 is 5.32 Å². The Morgan fingerprint density at radius 1 is 1.38 bits per heavy atom. The molecule has 1 aromatic rings. The second kappa shape index (κ2) is 6.86. The fourth-order valence-corrected chi connectivity index (χ4v) is 2.50. The van der Waals surface area contributed by atoms with Crippen LogP contribution in [-0.2, 0) is 9.59 Å². The summed E-state index contributed by atoms with van der Waals surface area (Å²) in [5, 5.41) is 20.2. The van der Waals surface area contributed by atoms with Gasteiger partial charge in [0.1, 0.15) is 0 Å². The third kappa shape index (κ3) is 4.58. The highest BCUT2D eigenvalue weighted by Crippen LogP contribution is 2.19. The smallest absolute Gasteiger partial charge is 0.303 e. The van der Waals surface area contributed by atoms with E-state index in [1.165, 1.54) is 0 Å². The zero-order valence-electron chi connectivity index (χ0n) is 11.6. The average molecular weight is 287 g/mol. The number of hydrogen-bond donors (Lipinski definition) is 2. The molecule has 1 unspecified atom stereocenters. The Labute approximate surface area is 123 Å². The summed E-state index contributed by atoms with van der Waals surface area (Å²) in [6, 6.07) is 8.69. The lowest BCUT2D eigenvalue weighted by atomic mass is 10.1. The number of aliphatic carboxylic acids is 1. The quantitative estimate of drug-likeness (QED) is 0.851. The SMILES string of the molecule is N#Cc1ccc(NC(=O)CN2CCC(CC(=O)O)C2)cc1. The first-order valence-electron chi connectivity index (χ1n) is 6.81. The summed E-state index contributed by atoms with van der Waals surface area (Å²) in [4.78, 5) is 24.5. The van der Waals surface area contributed by atoms with Gasteiger partial charge in [0, 0.05) is 18.7 Å². The van der Waals surface area contributed by atoms with Crippen LogP contribution in [0.2, 0.25) is 0 Å². The third-order valence-corrected chi connectivity index (χ3v) is 3.50. The zero-order chi connectivity index (χ0) is 15.2. The molecule has 1 fully saturated rings. The average Bonchev–Trinajstić information content (AvgIpc) is 2.85. The monoisotopic (exact) mass is 287 g/mol. The maximum Gasteiger partial charge on any atom is 0.303 e. The van der Waals surface area contributed by atoms with E-state index in [1.54, 1.807) is 24.3 Å². The highest BCUT2D eigenvalue weighted by molar-refractivity contribution is 5.92. The Kier molecular flexibility index (Phi) is 4.90. The highest BCUT2D eigenvalue weighted by atomic mass is 16.4. The molecule has 1 heterocycles. The minimum absolute atomic E-state index is 0.129. The number of hydrogen-bond acceptors (Lipinski definition) is 4. The fourth-order valence-electron chi connectivity index (χ4n) is 2.50. The Hall–Kier alpha value is -2.39. The maximum absolute atomic E-state index is 11.9. The molecule has 1 atom stereocenters. The van der Waals surface area contributed by atoms with Crippen LogP contribution in [0.5, 0.6) is 0 Å². The molecule has 1 aliphatic heterocycles. The lowest BCUT2D eigenvalue weighted by Crippen LogP contribution is -2.31. The number of likely N-dealkylation sites (tertiary alicyclic amines) is 1. The molecule has 0 bridgehead atoms. The van der Waals surface area contributed by atoms with Gasteiger partial charge >= 0.3 is 5.97 Å². The van der Waals surface area contributed by atoms with Crippen molar-refractivity contribution >= 4 is 17.6 Å². The molecule has 0 aliphatic carbocycles. The Morgan fingerprint density at radius 2 is 2.10 bits per heavy atom. The van der Waals surface area contributed by atoms with Crippen molar-refractivity contribution in [1.29, 1.82) is 5.26 Å². The van der Waals surface area contributed by atoms with E-state index >= 15 is 0 Å². The summed E-state index contributed by atoms with van der Waals surface area (Å²) < 4.78 is 0. The zero-order valence-corrected chi connectivity index (χ0v) is 11.6. The van der Waals surface area contributed by atoms with E-state index in [4.69, 9.17) is 10.4 Å². The van der Waals surface area contributed by atoms with E-state index in [0.717, 1.165) is 13.0 Å². The van der Waals surface area contributed by atoms with Crippen molar-refractivity contribution < 1.29 is 14.7 Å². The molecule has 2 rings (SSSR count). The number of nitriles is 1. The van der Waals surface area contributed by atoms with Gasteiger partial charge in [0.05, 0.1) is 18.2 Å². The maximum atomic E-state index is 11.9. The Bertz CT molecular complexity index is 563. The van der Waals surface area contributed by atoms with E-state index in [0.29, 0.717) is 17.8 Å². The van der Waals surface area contributed by atoms with Gasteiger partial charge in [-0.15, -0.1) is 0 Å². The van der Waals surface area contributed by atoms with Crippen LogP contribution in [0.1, 0.15) is 18.4 Å². The molecule has 110 valence electrons. The van der Waals surface area contributed by atoms with Crippen molar-refractivity contribution in [3.63, 3.8) is 0 Å². The highest BCUT2D eigenvalue weighted by Gasteiger charge is 2.25. The minimum atomic E-state index is -0.788. The predicted molar refractivity (Wildman–Crippen MR) is 76.6 cm³/mol. The Morgan fingerprint density at radius 3 is 2.71 bits per heavy atom. The standard InChI is InChI=1S/C15H17N3O3/c16-8-11-1-3-13(4-2-11)17-14(19)10-18-6-5-12(9-18)7-15(20)21/h1-4,12H,5-7,9-10H2,(H,17,19)(H,20,21). The minimum Gasteiger partial charge on any atom is -0.481 e. The number of anilines is 1. The van der Waals surface area contributed by atoms with Gasteiger partial charge in [0.2, 0.25) is 5.91 Å². The number of rotatable bonds is 5. The van der Waals surface area contributed by atoms with Crippen LogP contribution in [-0.4, -0.2) is 41.5 Å². The van der Waals surface area contributed by atoms with Gasteiger partial charge < -0.3 is 10.4 Å². The molecule has 21 heavy (non-hydrogen) atoms. The molecule has 0 aromatic heterocycles. The second-order valence-electron chi connectivity index (χ2n) is 5.23. The van der Waals surface area contributed by atoms with Crippen molar-refractivity contribution in [2.24, 2.45) is 5.92 Å². The van der Waals surface area contributed by atoms with Crippen LogP contribution in [0.25, 0.3) is 0 Å². The molecule has 1 saturated heterocycles. The number of nitrogens with zero attached hydrogens (tertiary/aromatic N) is 2. The van der Waals surface area contributed by atoms with Crippen molar-refractivity contribution in [2.45, 2.75) is 12.8 Å². The normalized spacial score (nSPS) is 18.1. The first kappa shape index (κ1) is 15.0. The third-order valence-electron chi connectivity index (χ3n) is 3.50. The van der Waals surface area contributed by atoms with Crippen molar-refractivity contribution in [3.8, 4) is 6.07 Å². The summed E-state index contributed by atoms with van der Waals surface area (Å²) in [5.74, 6) is -0.787. The summed E-state index contributed by atoms with van der Waals surface area (Å²) in [7, 11) is 0. The van der Waals surface area contributed by atoms with E-state index in [1.807, 2.05) is 11.0 Å². The predicted octanol–water partition coefficient (Wildman–Crippen LogP) is 1.29. The van der Waals surface area contributed by atoms with Crippen molar-refractivity contribution in [3.05, 3.63) is 29.8 Å². The van der Waals surface area contributed by atoms with Crippen LogP contribution in [0.15, 0.2) is 24.3 Å². The Balaban J connectivity index is 1.79. The molecule has 1 aromatic carbocycles. The molecule has 6 nitrogen and oxygen atoms in total. The second-order valence-corrected chi connectivity index (χ2v) is 5.23. The lowest BCUT2D eigenvalue weighted by Gasteiger charge is -2.15. The summed E-state index contributed by atoms with van der Waals surface area (Å²) >= 11 is 0. The van der Waals surface area contributed by atoms with E-state index in [9.17, 15) is 9.59 Å². The molecular formula is C15H17N3O3. The molecule has 0 saturated carbocycles. The van der Waals surface area contributed by atoms with Gasteiger partial charge in [-0.25, -0.2) is 0 Å². The molecule has 0 spiro atoms. The van der Waals surface area contributed by atoms with Crippen LogP contribution in [0.4, 0.5) is 5.69 Å². The van der Waals surface area contributed by atoms with Crippen LogP contribution >= 0.6 is 0 Å². The fraction of sp³-hybridized carbons (Fsp3) is 0.400. The summed E-state index contributed by atoms with van der Waals surface area (Å²) in [6.45, 7) is 1.65. The van der Waals surface area contributed by atoms with Gasteiger partial charge in [-0.3, -0.25) is 14.5 Å². The number of carboxylic acids is 1. The largest absolute Gasteiger partial charge is 0.481 e. The van der Waals surface area contributed by atoms with Gasteiger partial charge in [0.25, 0.3) is 0 Å². The molecule has 1 amide bonds. The topological polar surface area (TPSA) is 93.4 Å². The number of carbonyl (C=O) groups is 2. The molecule has 0 radical (unpaired) electrons. The molecular weight excluding hydrogens is 270 g/mol. The van der Waals surface area contributed by atoms with Gasteiger partial charge in [-0.2, -0.15) is 5.26 Å². The van der Waals surface area contributed by atoms with Crippen molar-refractivity contribution in [2.75, 3.05) is 25.0 Å². The molecule has 2 N–H and O–H groups in total. The van der Waals surface area contributed by atoms with Gasteiger partial charge in [-0.05, 0) is 43.1 Å². The van der Waals surface area contributed by atoms with E-state index in [2.05, 4.69) is 5.32 Å². The van der Waals surface area contributed by atoms with E-state index < -0.39 is 5.97 Å². The van der Waals surface area contributed by atoms with Crippen LogP contribution in [0, 0.1) is 17.2 Å². The number of carboxylic acid groups (broad SMARTS) is 1. The van der Waals surface area contributed by atoms with Gasteiger partial charge in [-0.1, -0.05) is 0 Å². The number of benzene rings is 1. The first-order chi connectivity index (χ1) is 10.1. The van der Waals surface area contributed by atoms with Crippen LogP contribution in [0.3, 0.4) is 0 Å². The number of nitrogens with one attached hydrogen (secondary N) is 1. The molecule has 1 aliphatic rings. The van der Waals surface area contributed by atoms with E-state index in [-0.39, 0.29) is 24.8 Å². The number of carbonyl (C=O) groups excluding carboxylic acids is 1.